The van der Waals surface area contributed by atoms with E-state index in [2.05, 4.69) is 15.0 Å². The van der Waals surface area contributed by atoms with Gasteiger partial charge in [-0.15, -0.1) is 0 Å². The number of fused-ring (bicyclic) bond motifs is 1. The quantitative estimate of drug-likeness (QED) is 0.140. The number of aliphatic hydroxyl groups is 1. The summed E-state index contributed by atoms with van der Waals surface area (Å²) in [6, 6.07) is 24.7. The summed E-state index contributed by atoms with van der Waals surface area (Å²) in [5.74, 6) is -2.13. The Kier molecular flexibility index (Phi) is 8.15. The van der Waals surface area contributed by atoms with Crippen molar-refractivity contribution in [3.8, 4) is 0 Å². The Morgan fingerprint density at radius 1 is 0.867 bits per heavy atom. The minimum absolute atomic E-state index is 0.0134. The third-order valence-corrected chi connectivity index (χ3v) is 8.14. The largest absolute Gasteiger partial charge is 0.459 e. The van der Waals surface area contributed by atoms with E-state index in [1.165, 1.54) is 17.2 Å². The second-order valence-electron chi connectivity index (χ2n) is 10.4. The number of nitrogens with zero attached hydrogens (tertiary/aromatic N) is 4. The van der Waals surface area contributed by atoms with E-state index < -0.39 is 47.9 Å². The van der Waals surface area contributed by atoms with E-state index in [0.717, 1.165) is 0 Å². The Hall–Kier alpha value is -4.97. The van der Waals surface area contributed by atoms with E-state index in [4.69, 9.17) is 25.8 Å². The van der Waals surface area contributed by atoms with Crippen LogP contribution in [-0.4, -0.2) is 66.8 Å². The van der Waals surface area contributed by atoms with Crippen molar-refractivity contribution < 1.29 is 33.7 Å². The summed E-state index contributed by atoms with van der Waals surface area (Å²) in [5, 5.41) is 12.8. The molecule has 45 heavy (non-hydrogen) atoms. The van der Waals surface area contributed by atoms with Gasteiger partial charge in [0, 0.05) is 5.56 Å². The molecule has 0 amide bonds. The second kappa shape index (κ2) is 12.2. The van der Waals surface area contributed by atoms with E-state index in [9.17, 15) is 19.5 Å². The van der Waals surface area contributed by atoms with Crippen LogP contribution in [0.2, 0.25) is 5.15 Å². The first-order valence-corrected chi connectivity index (χ1v) is 14.5. The number of esters is 2. The molecule has 0 bridgehead atoms. The molecule has 1 fully saturated rings. The van der Waals surface area contributed by atoms with Gasteiger partial charge in [0.25, 0.3) is 0 Å². The first kappa shape index (κ1) is 30.1. The highest BCUT2D eigenvalue weighted by atomic mass is 35.5. The third kappa shape index (κ3) is 5.14. The first-order valence-electron chi connectivity index (χ1n) is 14.1. The number of imidazole rings is 1. The van der Waals surface area contributed by atoms with Crippen molar-refractivity contribution in [2.75, 3.05) is 6.61 Å². The van der Waals surface area contributed by atoms with Crippen molar-refractivity contribution in [3.63, 3.8) is 0 Å². The molecule has 3 heterocycles. The Morgan fingerprint density at radius 3 is 2.04 bits per heavy atom. The Labute approximate surface area is 262 Å². The molecule has 0 radical (unpaired) electrons. The molecule has 11 nitrogen and oxygen atoms in total. The number of aromatic nitrogens is 4. The van der Waals surface area contributed by atoms with Gasteiger partial charge in [0.15, 0.2) is 22.5 Å². The van der Waals surface area contributed by atoms with Gasteiger partial charge < -0.3 is 19.3 Å². The lowest BCUT2D eigenvalue weighted by molar-refractivity contribution is -0.164. The predicted molar refractivity (Wildman–Crippen MR) is 162 cm³/mol. The number of halogens is 1. The maximum atomic E-state index is 14.7. The van der Waals surface area contributed by atoms with Crippen LogP contribution >= 0.6 is 11.6 Å². The lowest BCUT2D eigenvalue weighted by atomic mass is 9.79. The van der Waals surface area contributed by atoms with Crippen LogP contribution in [-0.2, 0) is 19.9 Å². The topological polar surface area (TPSA) is 143 Å². The molecule has 0 spiro atoms. The fraction of sp³-hybridized carbons (Fsp3) is 0.212. The maximum Gasteiger partial charge on any atom is 0.338 e. The summed E-state index contributed by atoms with van der Waals surface area (Å²) in [7, 11) is 0. The molecule has 12 heteroatoms. The van der Waals surface area contributed by atoms with Gasteiger partial charge in [0.2, 0.25) is 11.5 Å². The molecule has 5 aromatic rings. The van der Waals surface area contributed by atoms with Crippen LogP contribution in [0.1, 0.15) is 44.4 Å². The average Bonchev–Trinajstić information content (AvgIpc) is 3.63. The number of carbonyl (C=O) groups excluding carboxylic acids is 3. The Morgan fingerprint density at radius 2 is 1.44 bits per heavy atom. The fourth-order valence-electron chi connectivity index (χ4n) is 5.64. The van der Waals surface area contributed by atoms with Crippen molar-refractivity contribution in [2.24, 2.45) is 0 Å². The van der Waals surface area contributed by atoms with Crippen molar-refractivity contribution in [1.82, 2.24) is 19.5 Å². The average molecular weight is 627 g/mol. The van der Waals surface area contributed by atoms with Crippen LogP contribution in [0.3, 0.4) is 0 Å². The van der Waals surface area contributed by atoms with Crippen LogP contribution < -0.4 is 0 Å². The van der Waals surface area contributed by atoms with Crippen LogP contribution in [0.15, 0.2) is 104 Å². The zero-order valence-electron chi connectivity index (χ0n) is 23.9. The molecule has 2 aromatic heterocycles. The molecule has 1 saturated heterocycles. The SMILES string of the molecule is CC[C@@]1(O)[C@H](OC(=O)c2ccccc2)[C@@H](COC(=O)c2ccccc2)O[C@@]1(C(=O)c1ccccc1)n1cnc2c(Cl)ncnc21. The highest BCUT2D eigenvalue weighted by molar-refractivity contribution is 6.33. The molecule has 1 aliphatic rings. The molecule has 0 unspecified atom stereocenters. The standard InChI is InChI=1S/C33H27ClN4O7/c1-2-32(42)27(44-31(41)23-16-10-5-11-17-23)24(18-43-30(40)22-14-8-4-9-15-22)45-33(32,26(39)21-12-6-3-7-13-21)38-20-37-25-28(34)35-19-36-29(25)38/h3-17,19-20,24,27,42H,2,18H2,1H3/t24-,27-,32-,33-/m1/s1. The molecule has 228 valence electrons. The molecule has 4 atom stereocenters. The van der Waals surface area contributed by atoms with E-state index in [0.29, 0.717) is 0 Å². The fourth-order valence-corrected chi connectivity index (χ4v) is 5.82. The minimum Gasteiger partial charge on any atom is -0.459 e. The Bertz CT molecular complexity index is 1850. The van der Waals surface area contributed by atoms with Crippen molar-refractivity contribution >= 4 is 40.5 Å². The van der Waals surface area contributed by atoms with E-state index in [1.54, 1.807) is 97.9 Å². The monoisotopic (exact) mass is 626 g/mol. The Balaban J connectivity index is 1.52. The van der Waals surface area contributed by atoms with E-state index in [-0.39, 0.29) is 39.4 Å². The molecule has 6 rings (SSSR count). The van der Waals surface area contributed by atoms with Gasteiger partial charge >= 0.3 is 11.9 Å². The van der Waals surface area contributed by atoms with Gasteiger partial charge in [-0.3, -0.25) is 9.36 Å². The smallest absolute Gasteiger partial charge is 0.338 e. The number of rotatable bonds is 9. The molecule has 0 saturated carbocycles. The van der Waals surface area contributed by atoms with E-state index >= 15 is 0 Å². The number of hydrogen-bond acceptors (Lipinski definition) is 10. The van der Waals surface area contributed by atoms with Crippen molar-refractivity contribution in [1.29, 1.82) is 0 Å². The van der Waals surface area contributed by atoms with Gasteiger partial charge in [0.1, 0.15) is 30.9 Å². The molecule has 3 aromatic carbocycles. The summed E-state index contributed by atoms with van der Waals surface area (Å²) < 4.78 is 19.4. The number of ether oxygens (including phenoxy) is 3. The van der Waals surface area contributed by atoms with Crippen molar-refractivity contribution in [3.05, 3.63) is 125 Å². The molecule has 1 N–H and O–H groups in total. The molecule has 1 aliphatic heterocycles. The van der Waals surface area contributed by atoms with E-state index in [1.807, 2.05) is 0 Å². The lowest BCUT2D eigenvalue weighted by Gasteiger charge is -2.41. The highest BCUT2D eigenvalue weighted by Gasteiger charge is 2.71. The normalized spacial score (nSPS) is 22.6. The van der Waals surface area contributed by atoms with Crippen LogP contribution in [0.25, 0.3) is 11.2 Å². The predicted octanol–water partition coefficient (Wildman–Crippen LogP) is 4.64. The molecule has 0 aliphatic carbocycles. The number of carbonyl (C=O) groups is 3. The number of Topliss-reactive ketones (excluding diaryl/α,β-unsaturated/α-hetero) is 1. The van der Waals surface area contributed by atoms with Gasteiger partial charge in [-0.1, -0.05) is 85.3 Å². The summed E-state index contributed by atoms with van der Waals surface area (Å²) in [5.41, 5.74) is -3.67. The van der Waals surface area contributed by atoms with Crippen molar-refractivity contribution in [2.45, 2.75) is 36.9 Å². The zero-order valence-corrected chi connectivity index (χ0v) is 24.7. The number of ketones is 1. The van der Waals surface area contributed by atoms with Crippen LogP contribution in [0, 0.1) is 0 Å². The highest BCUT2D eigenvalue weighted by Crippen LogP contribution is 2.50. The van der Waals surface area contributed by atoms with Gasteiger partial charge in [-0.2, -0.15) is 0 Å². The van der Waals surface area contributed by atoms with Gasteiger partial charge in [0.05, 0.1) is 11.1 Å². The van der Waals surface area contributed by atoms with Crippen LogP contribution in [0.5, 0.6) is 0 Å². The molecular weight excluding hydrogens is 600 g/mol. The summed E-state index contributed by atoms with van der Waals surface area (Å²) in [4.78, 5) is 53.8. The summed E-state index contributed by atoms with van der Waals surface area (Å²) in [6.07, 6.45) is -0.532. The van der Waals surface area contributed by atoms with Gasteiger partial charge in [-0.25, -0.2) is 24.5 Å². The summed E-state index contributed by atoms with van der Waals surface area (Å²) >= 11 is 6.32. The van der Waals surface area contributed by atoms with Gasteiger partial charge in [-0.05, 0) is 30.7 Å². The number of hydrogen-bond donors (Lipinski definition) is 1. The lowest BCUT2D eigenvalue weighted by Crippen LogP contribution is -2.62. The second-order valence-corrected chi connectivity index (χ2v) is 10.7. The third-order valence-electron chi connectivity index (χ3n) is 7.86. The zero-order chi connectivity index (χ0) is 31.6. The first-order chi connectivity index (χ1) is 21.8. The molecular formula is C33H27ClN4O7. The minimum atomic E-state index is -2.32. The number of benzene rings is 3. The van der Waals surface area contributed by atoms with Crippen LogP contribution in [0.4, 0.5) is 0 Å². The summed E-state index contributed by atoms with van der Waals surface area (Å²) in [6.45, 7) is 1.15. The maximum absolute atomic E-state index is 14.7.